The summed E-state index contributed by atoms with van der Waals surface area (Å²) in [6.07, 6.45) is 41.9. The maximum Gasteiger partial charge on any atom is 0.493 e. The van der Waals surface area contributed by atoms with E-state index in [2.05, 4.69) is 27.7 Å². The maximum absolute atomic E-state index is 13.1. The summed E-state index contributed by atoms with van der Waals surface area (Å²) in [4.78, 5) is 0. The molecule has 0 fully saturated rings. The van der Waals surface area contributed by atoms with E-state index in [9.17, 15) is 30.7 Å². The lowest BCUT2D eigenvalue weighted by atomic mass is 9.17. The van der Waals surface area contributed by atoms with Crippen molar-refractivity contribution in [2.24, 2.45) is 0 Å². The Hall–Kier alpha value is -0.775. The van der Waals surface area contributed by atoms with Crippen molar-refractivity contribution in [1.82, 2.24) is 0 Å². The molecule has 0 saturated heterocycles. The van der Waals surface area contributed by atoms with E-state index in [1.807, 2.05) is 0 Å². The zero-order chi connectivity index (χ0) is 40.6. The molecule has 0 aliphatic carbocycles. The van der Waals surface area contributed by atoms with Crippen LogP contribution >= 0.6 is 7.92 Å². The molecule has 0 N–H and O–H groups in total. The van der Waals surface area contributed by atoms with Crippen molar-refractivity contribution >= 4 is 19.4 Å². The molecule has 0 aliphatic rings. The van der Waals surface area contributed by atoms with E-state index in [4.69, 9.17) is 0 Å². The zero-order valence-electron chi connectivity index (χ0n) is 35.6. The van der Waals surface area contributed by atoms with Crippen LogP contribution in [-0.2, 0) is 0 Å². The molecule has 0 aromatic heterocycles. The fraction of sp³-hybridized carbons (Fsp3) is 0.867. The lowest BCUT2D eigenvalue weighted by molar-refractivity contribution is -0.240. The molecule has 1 atom stereocenters. The summed E-state index contributed by atoms with van der Waals surface area (Å²) in [6, 6.07) is 1.56. The highest BCUT2D eigenvalue weighted by Crippen LogP contribution is 2.57. The minimum Gasteiger partial charge on any atom is -0.207 e. The smallest absolute Gasteiger partial charge is 0.207 e. The van der Waals surface area contributed by atoms with Gasteiger partial charge in [-0.3, -0.25) is 0 Å². The Kier molecular flexibility index (Phi) is 32.7. The van der Waals surface area contributed by atoms with Crippen molar-refractivity contribution in [3.63, 3.8) is 0 Å². The van der Waals surface area contributed by atoms with Gasteiger partial charge in [-0.25, -0.2) is 8.78 Å². The third-order valence-electron chi connectivity index (χ3n) is 11.8. The first-order valence-electron chi connectivity index (χ1n) is 22.8. The first-order valence-corrected chi connectivity index (χ1v) is 24.8. The first-order chi connectivity index (χ1) is 25.8. The number of rotatable bonds is 34. The quantitative estimate of drug-likeness (QED) is 0.0282. The van der Waals surface area contributed by atoms with Crippen LogP contribution in [0.15, 0.2) is 18.2 Å². The summed E-state index contributed by atoms with van der Waals surface area (Å²) in [5.41, 5.74) is -4.98. The van der Waals surface area contributed by atoms with Gasteiger partial charge < -0.3 is 0 Å². The summed E-state index contributed by atoms with van der Waals surface area (Å²) >= 11 is 0. The predicted molar refractivity (Wildman–Crippen MR) is 228 cm³/mol. The zero-order valence-corrected chi connectivity index (χ0v) is 36.6. The average Bonchev–Trinajstić information content (AvgIpc) is 3.13. The van der Waals surface area contributed by atoms with Gasteiger partial charge in [0.2, 0.25) is 0 Å². The van der Waals surface area contributed by atoms with Crippen LogP contribution in [0.4, 0.5) is 30.7 Å². The maximum atomic E-state index is 13.1. The fourth-order valence-electron chi connectivity index (χ4n) is 8.18. The summed E-state index contributed by atoms with van der Waals surface area (Å²) in [5.74, 6) is -2.42. The van der Waals surface area contributed by atoms with Gasteiger partial charge in [0.25, 0.3) is 0 Å². The van der Waals surface area contributed by atoms with Crippen molar-refractivity contribution in [3.8, 4) is 0 Å². The van der Waals surface area contributed by atoms with Gasteiger partial charge in [0.1, 0.15) is 19.0 Å². The Morgan fingerprint density at radius 2 is 0.722 bits per heavy atom. The Morgan fingerprint density at radius 1 is 0.444 bits per heavy atom. The third-order valence-corrected chi connectivity index (χ3v) is 14.3. The fourth-order valence-corrected chi connectivity index (χ4v) is 9.71. The Bertz CT molecular complexity index is 910. The van der Waals surface area contributed by atoms with Crippen molar-refractivity contribution in [2.45, 2.75) is 245 Å². The second-order valence-electron chi connectivity index (χ2n) is 16.7. The molecule has 320 valence electrons. The molecule has 0 bridgehead atoms. The Balaban J connectivity index is 0.00000137. The first kappa shape index (κ1) is 53.2. The standard InChI is InChI=1S/C36H76B.C9H6F7P/c1-5-9-13-17-21-25-29-33-37(34-30-26-22-18-14-10-6-2,35-31-27-23-19-15-11-7-3)36-32-28-24-20-16-12-8-4;1-17(9(15,16)8(12,13)14)7-3-2-5(10)4-6(7)11/h5-36H2,1-4H3;2-4H,1H3/q-1;/p+1. The minimum atomic E-state index is -5.74. The Morgan fingerprint density at radius 3 is 0.981 bits per heavy atom. The van der Waals surface area contributed by atoms with Crippen LogP contribution in [0.3, 0.4) is 0 Å². The van der Waals surface area contributed by atoms with Gasteiger partial charge in [0.05, 0.1) is 6.66 Å². The number of unbranched alkanes of at least 4 members (excludes halogenated alkanes) is 24. The number of benzene rings is 1. The second kappa shape index (κ2) is 33.2. The monoisotopic (exact) mass is 799 g/mol. The molecule has 0 heterocycles. The normalized spacial score (nSPS) is 12.9. The third kappa shape index (κ3) is 25.5. The number of alkyl halides is 5. The van der Waals surface area contributed by atoms with Gasteiger partial charge in [0.15, 0.2) is 5.82 Å². The number of hydrogen-bond acceptors (Lipinski definition) is 0. The Labute approximate surface area is 330 Å². The van der Waals surface area contributed by atoms with Crippen LogP contribution in [0.25, 0.3) is 0 Å². The van der Waals surface area contributed by atoms with Gasteiger partial charge in [-0.05, 0) is 12.1 Å². The van der Waals surface area contributed by atoms with Gasteiger partial charge in [-0.1, -0.05) is 207 Å². The molecule has 1 aromatic carbocycles. The molecule has 0 radical (unpaired) electrons. The van der Waals surface area contributed by atoms with Crippen molar-refractivity contribution in [2.75, 3.05) is 6.66 Å². The van der Waals surface area contributed by atoms with E-state index in [1.54, 1.807) is 25.3 Å². The molecule has 1 aromatic rings. The minimum absolute atomic E-state index is 0.120. The highest BCUT2D eigenvalue weighted by atomic mass is 31.1. The summed E-state index contributed by atoms with van der Waals surface area (Å²) < 4.78 is 87.7. The molecule has 54 heavy (non-hydrogen) atoms. The highest BCUT2D eigenvalue weighted by molar-refractivity contribution is 7.66. The lowest BCUT2D eigenvalue weighted by Gasteiger charge is -2.41. The average molecular weight is 799 g/mol. The van der Waals surface area contributed by atoms with E-state index in [1.165, 1.54) is 180 Å². The molecule has 0 saturated carbocycles. The van der Waals surface area contributed by atoms with Gasteiger partial charge in [-0.2, -0.15) is 47.2 Å². The van der Waals surface area contributed by atoms with Crippen LogP contribution in [0.5, 0.6) is 0 Å². The molecule has 0 nitrogen and oxygen atoms in total. The van der Waals surface area contributed by atoms with Crippen LogP contribution in [0.2, 0.25) is 25.3 Å². The second-order valence-corrected chi connectivity index (χ2v) is 19.1. The molecule has 1 unspecified atom stereocenters. The lowest BCUT2D eigenvalue weighted by Crippen LogP contribution is -2.37. The van der Waals surface area contributed by atoms with Crippen LogP contribution in [-0.4, -0.2) is 24.7 Å². The van der Waals surface area contributed by atoms with E-state index in [0.717, 1.165) is 0 Å². The molecular weight excluding hydrogens is 715 g/mol. The number of halogens is 7. The van der Waals surface area contributed by atoms with Gasteiger partial charge in [0, 0.05) is 12.2 Å². The van der Waals surface area contributed by atoms with Gasteiger partial charge in [-0.15, -0.1) is 0 Å². The molecule has 9 heteroatoms. The summed E-state index contributed by atoms with van der Waals surface area (Å²) in [5, 5.41) is -0.779. The molecule has 0 spiro atoms. The highest BCUT2D eigenvalue weighted by Gasteiger charge is 2.67. The molecule has 0 aliphatic heterocycles. The van der Waals surface area contributed by atoms with E-state index in [0.29, 0.717) is 18.8 Å². The van der Waals surface area contributed by atoms with E-state index >= 15 is 0 Å². The topological polar surface area (TPSA) is 0 Å². The largest absolute Gasteiger partial charge is 0.493 e. The molecular formula is C45H83BF7P. The van der Waals surface area contributed by atoms with Crippen LogP contribution in [0.1, 0.15) is 207 Å². The van der Waals surface area contributed by atoms with Crippen molar-refractivity contribution < 1.29 is 30.7 Å². The van der Waals surface area contributed by atoms with E-state index in [-0.39, 0.29) is 12.2 Å². The number of hydrogen-bond donors (Lipinski definition) is 0. The van der Waals surface area contributed by atoms with Gasteiger partial charge >= 0.3 is 11.8 Å². The van der Waals surface area contributed by atoms with Crippen LogP contribution < -0.4 is 5.30 Å². The van der Waals surface area contributed by atoms with Crippen molar-refractivity contribution in [3.05, 3.63) is 29.8 Å². The molecule has 1 rings (SSSR count). The van der Waals surface area contributed by atoms with Crippen LogP contribution in [0, 0.1) is 11.6 Å². The summed E-state index contributed by atoms with van der Waals surface area (Å²) in [7, 11) is -3.55. The molecule has 0 amide bonds. The SMILES string of the molecule is CCCCCCCCC[B-](CCCCCCCCC)(CCCCCCCCC)CCCCCCCCC.C[PH+](c1ccc(F)cc1F)C(F)(F)C(F)(F)F. The van der Waals surface area contributed by atoms with Crippen molar-refractivity contribution in [1.29, 1.82) is 0 Å². The van der Waals surface area contributed by atoms with E-state index < -0.39 is 36.7 Å². The summed E-state index contributed by atoms with van der Waals surface area (Å²) in [6.45, 7) is 10.00. The predicted octanol–water partition coefficient (Wildman–Crippen LogP) is 18.0.